The zero-order valence-corrected chi connectivity index (χ0v) is 20.2. The van der Waals surface area contributed by atoms with E-state index in [4.69, 9.17) is 0 Å². The number of rotatable bonds is 18. The molecule has 1 fully saturated rings. The predicted molar refractivity (Wildman–Crippen MR) is 126 cm³/mol. The largest absolute Gasteiger partial charge is 0.343 e. The van der Waals surface area contributed by atoms with Gasteiger partial charge < -0.3 is 20.4 Å². The van der Waals surface area contributed by atoms with Crippen LogP contribution in [0.5, 0.6) is 0 Å². The highest BCUT2D eigenvalue weighted by molar-refractivity contribution is 5.96. The van der Waals surface area contributed by atoms with E-state index in [1.165, 1.54) is 25.7 Å². The second-order valence-corrected chi connectivity index (χ2v) is 8.80. The number of hydrogen-bond donors (Lipinski definition) is 2. The van der Waals surface area contributed by atoms with Gasteiger partial charge in [-0.3, -0.25) is 9.59 Å². The Hall–Kier alpha value is -1.14. The third kappa shape index (κ3) is 10.8. The molecule has 0 aromatic heterocycles. The fourth-order valence-electron chi connectivity index (χ4n) is 4.39. The summed E-state index contributed by atoms with van der Waals surface area (Å²) in [6.45, 7) is 15.6. The first-order valence-corrected chi connectivity index (χ1v) is 12.6. The molecule has 2 atom stereocenters. The number of carbonyl (C=O) groups is 2. The molecule has 1 heterocycles. The molecule has 6 nitrogen and oxygen atoms in total. The van der Waals surface area contributed by atoms with Crippen molar-refractivity contribution < 1.29 is 9.59 Å². The van der Waals surface area contributed by atoms with E-state index < -0.39 is 0 Å². The van der Waals surface area contributed by atoms with Crippen molar-refractivity contribution >= 4 is 11.8 Å². The standard InChI is InChI=1S/C24H48N4O2/c1-5-15-27(16-6-2)19-11-9-13-21-23(29)26-22(24(30)25-21)14-10-12-20-28(17-7-3)18-8-4/h21-22H,5-20H2,1-4H3,(H,25,30)(H,26,29)/t21-,22-/m0/s1. The van der Waals surface area contributed by atoms with Gasteiger partial charge in [-0.25, -0.2) is 0 Å². The minimum atomic E-state index is -0.357. The molecule has 0 radical (unpaired) electrons. The van der Waals surface area contributed by atoms with Gasteiger partial charge in [0.2, 0.25) is 11.8 Å². The van der Waals surface area contributed by atoms with E-state index in [2.05, 4.69) is 48.1 Å². The van der Waals surface area contributed by atoms with E-state index in [0.29, 0.717) is 0 Å². The van der Waals surface area contributed by atoms with Crippen LogP contribution in [0.3, 0.4) is 0 Å². The number of nitrogens with zero attached hydrogens (tertiary/aromatic N) is 2. The molecule has 0 aromatic carbocycles. The second kappa shape index (κ2) is 16.5. The molecule has 1 aliphatic rings. The van der Waals surface area contributed by atoms with Gasteiger partial charge in [0.1, 0.15) is 12.1 Å². The molecule has 1 rings (SSSR count). The normalized spacial score (nSPS) is 19.4. The minimum absolute atomic E-state index is 0.00262. The summed E-state index contributed by atoms with van der Waals surface area (Å²) < 4.78 is 0. The lowest BCUT2D eigenvalue weighted by molar-refractivity contribution is -0.137. The van der Waals surface area contributed by atoms with Crippen molar-refractivity contribution in [1.29, 1.82) is 0 Å². The third-order valence-corrected chi connectivity index (χ3v) is 5.86. The zero-order chi connectivity index (χ0) is 22.2. The maximum Gasteiger partial charge on any atom is 0.243 e. The van der Waals surface area contributed by atoms with Crippen molar-refractivity contribution in [3.8, 4) is 0 Å². The highest BCUT2D eigenvalue weighted by atomic mass is 16.2. The van der Waals surface area contributed by atoms with Crippen molar-refractivity contribution in [3.63, 3.8) is 0 Å². The van der Waals surface area contributed by atoms with Crippen LogP contribution in [0.25, 0.3) is 0 Å². The SMILES string of the molecule is CCCN(CCC)CCCC[C@@H]1NC(=O)[C@H](CCCCN(CCC)CCC)NC1=O. The highest BCUT2D eigenvalue weighted by Gasteiger charge is 2.32. The topological polar surface area (TPSA) is 64.7 Å². The molecule has 0 unspecified atom stereocenters. The van der Waals surface area contributed by atoms with E-state index in [1.807, 2.05) is 0 Å². The van der Waals surface area contributed by atoms with Gasteiger partial charge >= 0.3 is 0 Å². The highest BCUT2D eigenvalue weighted by Crippen LogP contribution is 2.11. The Balaban J connectivity index is 2.26. The smallest absolute Gasteiger partial charge is 0.243 e. The van der Waals surface area contributed by atoms with Crippen molar-refractivity contribution in [2.24, 2.45) is 0 Å². The molecule has 0 saturated carbocycles. The fourth-order valence-corrected chi connectivity index (χ4v) is 4.39. The minimum Gasteiger partial charge on any atom is -0.343 e. The Morgan fingerprint density at radius 1 is 0.567 bits per heavy atom. The van der Waals surface area contributed by atoms with E-state index in [0.717, 1.165) is 77.8 Å². The summed E-state index contributed by atoms with van der Waals surface area (Å²) >= 11 is 0. The fraction of sp³-hybridized carbons (Fsp3) is 0.917. The molecule has 2 amide bonds. The summed E-state index contributed by atoms with van der Waals surface area (Å²) in [4.78, 5) is 29.9. The van der Waals surface area contributed by atoms with Crippen LogP contribution in [0.15, 0.2) is 0 Å². The maximum absolute atomic E-state index is 12.5. The van der Waals surface area contributed by atoms with Crippen LogP contribution < -0.4 is 10.6 Å². The molecule has 6 heteroatoms. The monoisotopic (exact) mass is 424 g/mol. The number of carbonyl (C=O) groups excluding carboxylic acids is 2. The van der Waals surface area contributed by atoms with Gasteiger partial charge in [0, 0.05) is 0 Å². The number of amides is 2. The molecule has 0 aromatic rings. The first kappa shape index (κ1) is 26.9. The molecule has 176 valence electrons. The summed E-state index contributed by atoms with van der Waals surface area (Å²) in [6, 6.07) is -0.715. The lowest BCUT2D eigenvalue weighted by atomic mass is 10.0. The zero-order valence-electron chi connectivity index (χ0n) is 20.2. The number of nitrogens with one attached hydrogen (secondary N) is 2. The van der Waals surface area contributed by atoms with Crippen LogP contribution in [0.1, 0.15) is 91.9 Å². The Kier molecular flexibility index (Phi) is 14.8. The number of unbranched alkanes of at least 4 members (excludes halogenated alkanes) is 2. The molecule has 1 aliphatic heterocycles. The van der Waals surface area contributed by atoms with E-state index in [-0.39, 0.29) is 23.9 Å². The van der Waals surface area contributed by atoms with Gasteiger partial charge in [0.25, 0.3) is 0 Å². The van der Waals surface area contributed by atoms with E-state index >= 15 is 0 Å². The Morgan fingerprint density at radius 3 is 1.20 bits per heavy atom. The molecule has 0 aliphatic carbocycles. The van der Waals surface area contributed by atoms with Gasteiger partial charge in [-0.15, -0.1) is 0 Å². The molecule has 1 saturated heterocycles. The molecular formula is C24H48N4O2. The van der Waals surface area contributed by atoms with Crippen LogP contribution in [0.4, 0.5) is 0 Å². The average Bonchev–Trinajstić information content (AvgIpc) is 2.71. The van der Waals surface area contributed by atoms with Crippen LogP contribution in [0, 0.1) is 0 Å². The lowest BCUT2D eigenvalue weighted by Crippen LogP contribution is -2.61. The Bertz CT molecular complexity index is 418. The van der Waals surface area contributed by atoms with Gasteiger partial charge in [0.05, 0.1) is 0 Å². The molecule has 2 N–H and O–H groups in total. The number of hydrogen-bond acceptors (Lipinski definition) is 4. The summed E-state index contributed by atoms with van der Waals surface area (Å²) in [5, 5.41) is 5.94. The predicted octanol–water partition coefficient (Wildman–Crippen LogP) is 3.55. The van der Waals surface area contributed by atoms with Crippen LogP contribution in [-0.4, -0.2) is 73.0 Å². The quantitative estimate of drug-likeness (QED) is 0.330. The molecule has 30 heavy (non-hydrogen) atoms. The average molecular weight is 425 g/mol. The van der Waals surface area contributed by atoms with Crippen molar-refractivity contribution in [3.05, 3.63) is 0 Å². The maximum atomic E-state index is 12.5. The van der Waals surface area contributed by atoms with Gasteiger partial charge in [-0.1, -0.05) is 27.7 Å². The van der Waals surface area contributed by atoms with Crippen LogP contribution in [-0.2, 0) is 9.59 Å². The third-order valence-electron chi connectivity index (χ3n) is 5.86. The van der Waals surface area contributed by atoms with Crippen LogP contribution in [0.2, 0.25) is 0 Å². The Morgan fingerprint density at radius 2 is 0.900 bits per heavy atom. The van der Waals surface area contributed by atoms with Gasteiger partial charge in [0.15, 0.2) is 0 Å². The first-order valence-electron chi connectivity index (χ1n) is 12.6. The molecule has 0 bridgehead atoms. The van der Waals surface area contributed by atoms with E-state index in [9.17, 15) is 9.59 Å². The van der Waals surface area contributed by atoms with Crippen molar-refractivity contribution in [2.75, 3.05) is 39.3 Å². The summed E-state index contributed by atoms with van der Waals surface area (Å²) in [5.41, 5.74) is 0. The molecule has 0 spiro atoms. The Labute approximate surface area is 185 Å². The first-order chi connectivity index (χ1) is 14.5. The summed E-state index contributed by atoms with van der Waals surface area (Å²) in [7, 11) is 0. The van der Waals surface area contributed by atoms with Crippen molar-refractivity contribution in [2.45, 2.75) is 104 Å². The lowest BCUT2D eigenvalue weighted by Gasteiger charge is -2.30. The van der Waals surface area contributed by atoms with Gasteiger partial charge in [-0.05, 0) is 103 Å². The second-order valence-electron chi connectivity index (χ2n) is 8.80. The number of piperazine rings is 1. The van der Waals surface area contributed by atoms with E-state index in [1.54, 1.807) is 0 Å². The summed E-state index contributed by atoms with van der Waals surface area (Å²) in [6.07, 6.45) is 10.3. The van der Waals surface area contributed by atoms with Crippen molar-refractivity contribution in [1.82, 2.24) is 20.4 Å². The van der Waals surface area contributed by atoms with Crippen LogP contribution >= 0.6 is 0 Å². The molecular weight excluding hydrogens is 376 g/mol. The summed E-state index contributed by atoms with van der Waals surface area (Å²) in [5.74, 6) is -0.00525. The van der Waals surface area contributed by atoms with Gasteiger partial charge in [-0.2, -0.15) is 0 Å².